The van der Waals surface area contributed by atoms with Gasteiger partial charge >= 0.3 is 0 Å². The highest BCUT2D eigenvalue weighted by molar-refractivity contribution is 6.09. The molecule has 5 aromatic carbocycles. The van der Waals surface area contributed by atoms with Crippen LogP contribution in [0.25, 0.3) is 83.6 Å². The minimum absolute atomic E-state index is 0.921. The molecule has 0 radical (unpaired) electrons. The van der Waals surface area contributed by atoms with Crippen LogP contribution < -0.4 is 0 Å². The van der Waals surface area contributed by atoms with Crippen LogP contribution in [0.4, 0.5) is 0 Å². The summed E-state index contributed by atoms with van der Waals surface area (Å²) < 4.78 is 6.61. The van der Waals surface area contributed by atoms with E-state index in [0.29, 0.717) is 0 Å². The van der Waals surface area contributed by atoms with Crippen LogP contribution in [-0.4, -0.2) is 28.7 Å². The predicted molar refractivity (Wildman–Crippen MR) is 183 cm³/mol. The van der Waals surface area contributed by atoms with Crippen molar-refractivity contribution in [2.75, 3.05) is 0 Å². The number of hydrogen-bond acceptors (Lipinski definition) is 3. The third-order valence-electron chi connectivity index (χ3n) is 8.92. The fraction of sp³-hybridized carbons (Fsp3) is 0.0513. The molecule has 0 aliphatic rings. The number of imidazole rings is 2. The summed E-state index contributed by atoms with van der Waals surface area (Å²) in [4.78, 5) is 14.9. The maximum Gasteiger partial charge on any atom is 0.145 e. The summed E-state index contributed by atoms with van der Waals surface area (Å²) >= 11 is 0. The number of aryl methyl sites for hydroxylation is 2. The molecule has 0 saturated heterocycles. The molecule has 6 nitrogen and oxygen atoms in total. The molecule has 0 unspecified atom stereocenters. The molecule has 0 spiro atoms. The zero-order valence-corrected chi connectivity index (χ0v) is 24.9. The van der Waals surface area contributed by atoms with Crippen LogP contribution in [0.5, 0.6) is 0 Å². The van der Waals surface area contributed by atoms with Gasteiger partial charge in [-0.2, -0.15) is 0 Å². The van der Waals surface area contributed by atoms with Crippen molar-refractivity contribution in [1.82, 2.24) is 28.7 Å². The molecule has 0 aliphatic heterocycles. The fourth-order valence-electron chi connectivity index (χ4n) is 6.69. The summed E-state index contributed by atoms with van der Waals surface area (Å²) in [5.74, 6) is 1.86. The largest absolute Gasteiger partial charge is 0.327 e. The molecule has 4 aromatic heterocycles. The molecule has 9 aromatic rings. The van der Waals surface area contributed by atoms with Crippen LogP contribution in [0, 0.1) is 0 Å². The standard InChI is InChI=1S/C39H28N6/c1-43-34-16-7-6-15-32(34)41-37(43)27-12-8-13-29(22-27)45-35-24-28(17-19-30(35)31-14-9-21-40-39(31)45)38-42-33-20-18-26(23-36(33)44(38)2)25-10-4-3-5-11-25/h3-24H,1-2H3. The van der Waals surface area contributed by atoms with E-state index in [2.05, 4.69) is 137 Å². The van der Waals surface area contributed by atoms with Crippen LogP contribution in [0.2, 0.25) is 0 Å². The number of nitrogens with zero attached hydrogens (tertiary/aromatic N) is 6. The van der Waals surface area contributed by atoms with Crippen molar-refractivity contribution in [1.29, 1.82) is 0 Å². The first-order valence-corrected chi connectivity index (χ1v) is 15.1. The second kappa shape index (κ2) is 9.76. The number of hydrogen-bond donors (Lipinski definition) is 0. The zero-order valence-electron chi connectivity index (χ0n) is 24.9. The van der Waals surface area contributed by atoms with E-state index < -0.39 is 0 Å². The number of para-hydroxylation sites is 2. The van der Waals surface area contributed by atoms with Gasteiger partial charge in [-0.1, -0.05) is 72.8 Å². The molecule has 9 rings (SSSR count). The summed E-state index contributed by atoms with van der Waals surface area (Å²) in [5.41, 5.74) is 11.7. The summed E-state index contributed by atoms with van der Waals surface area (Å²) in [6, 6.07) is 44.6. The first kappa shape index (κ1) is 25.5. The van der Waals surface area contributed by atoms with Crippen molar-refractivity contribution in [3.8, 4) is 39.6 Å². The minimum Gasteiger partial charge on any atom is -0.327 e. The Kier molecular flexibility index (Phi) is 5.53. The Morgan fingerprint density at radius 2 is 1.16 bits per heavy atom. The van der Waals surface area contributed by atoms with Crippen LogP contribution in [0.1, 0.15) is 0 Å². The molecule has 0 bridgehead atoms. The molecule has 0 fully saturated rings. The first-order chi connectivity index (χ1) is 22.1. The van der Waals surface area contributed by atoms with Gasteiger partial charge in [-0.3, -0.25) is 4.57 Å². The number of benzene rings is 5. The molecule has 4 heterocycles. The lowest BCUT2D eigenvalue weighted by atomic mass is 10.1. The van der Waals surface area contributed by atoms with Crippen LogP contribution in [0.15, 0.2) is 134 Å². The lowest BCUT2D eigenvalue weighted by molar-refractivity contribution is 0.958. The lowest BCUT2D eigenvalue weighted by Gasteiger charge is -2.10. The van der Waals surface area contributed by atoms with E-state index in [1.165, 1.54) is 11.1 Å². The Balaban J connectivity index is 1.22. The van der Waals surface area contributed by atoms with E-state index >= 15 is 0 Å². The van der Waals surface area contributed by atoms with Gasteiger partial charge in [-0.15, -0.1) is 0 Å². The third-order valence-corrected chi connectivity index (χ3v) is 8.92. The molecule has 45 heavy (non-hydrogen) atoms. The number of aromatic nitrogens is 6. The Bertz CT molecular complexity index is 2570. The van der Waals surface area contributed by atoms with Crippen molar-refractivity contribution in [3.63, 3.8) is 0 Å². The Hall–Kier alpha value is -6.01. The lowest BCUT2D eigenvalue weighted by Crippen LogP contribution is -1.98. The summed E-state index contributed by atoms with van der Waals surface area (Å²) in [6.07, 6.45) is 1.86. The monoisotopic (exact) mass is 580 g/mol. The highest BCUT2D eigenvalue weighted by Crippen LogP contribution is 2.36. The molecular formula is C39H28N6. The maximum absolute atomic E-state index is 5.09. The second-order valence-electron chi connectivity index (χ2n) is 11.5. The number of pyridine rings is 1. The van der Waals surface area contributed by atoms with E-state index in [9.17, 15) is 0 Å². The number of fused-ring (bicyclic) bond motifs is 5. The quantitative estimate of drug-likeness (QED) is 0.209. The van der Waals surface area contributed by atoms with E-state index in [0.717, 1.165) is 72.5 Å². The van der Waals surface area contributed by atoms with Gasteiger partial charge in [0.1, 0.15) is 17.3 Å². The van der Waals surface area contributed by atoms with Crippen molar-refractivity contribution in [2.24, 2.45) is 14.1 Å². The van der Waals surface area contributed by atoms with Crippen molar-refractivity contribution >= 4 is 44.0 Å². The molecule has 0 aliphatic carbocycles. The van der Waals surface area contributed by atoms with E-state index in [4.69, 9.17) is 15.0 Å². The van der Waals surface area contributed by atoms with Crippen LogP contribution in [-0.2, 0) is 14.1 Å². The fourth-order valence-corrected chi connectivity index (χ4v) is 6.69. The Labute approximate surface area is 259 Å². The third kappa shape index (κ3) is 3.92. The second-order valence-corrected chi connectivity index (χ2v) is 11.5. The topological polar surface area (TPSA) is 53.5 Å². The average Bonchev–Trinajstić information content (AvgIpc) is 3.73. The van der Waals surface area contributed by atoms with Gasteiger partial charge in [0.2, 0.25) is 0 Å². The highest BCUT2D eigenvalue weighted by Gasteiger charge is 2.18. The van der Waals surface area contributed by atoms with E-state index in [-0.39, 0.29) is 0 Å². The highest BCUT2D eigenvalue weighted by atomic mass is 15.1. The molecule has 0 atom stereocenters. The summed E-state index contributed by atoms with van der Waals surface area (Å²) in [7, 11) is 4.17. The maximum atomic E-state index is 5.09. The predicted octanol–water partition coefficient (Wildman–Crippen LogP) is 8.95. The van der Waals surface area contributed by atoms with E-state index in [1.54, 1.807) is 0 Å². The Morgan fingerprint density at radius 1 is 0.467 bits per heavy atom. The molecule has 0 saturated carbocycles. The van der Waals surface area contributed by atoms with Crippen molar-refractivity contribution in [2.45, 2.75) is 0 Å². The number of rotatable bonds is 4. The van der Waals surface area contributed by atoms with Gasteiger partial charge < -0.3 is 9.13 Å². The van der Waals surface area contributed by atoms with Crippen molar-refractivity contribution in [3.05, 3.63) is 134 Å². The molecule has 0 amide bonds. The zero-order chi connectivity index (χ0) is 30.1. The summed E-state index contributed by atoms with van der Waals surface area (Å²) in [6.45, 7) is 0. The molecule has 214 valence electrons. The average molecular weight is 581 g/mol. The SMILES string of the molecule is Cn1c(-c2cccc(-n3c4cc(-c5nc6ccc(-c7ccccc7)cc6n5C)ccc4c4cccnc43)c2)nc2ccccc21. The molecular weight excluding hydrogens is 552 g/mol. The summed E-state index contributed by atoms with van der Waals surface area (Å²) in [5, 5.41) is 2.27. The van der Waals surface area contributed by atoms with E-state index in [1.807, 2.05) is 24.4 Å². The van der Waals surface area contributed by atoms with Crippen molar-refractivity contribution < 1.29 is 0 Å². The van der Waals surface area contributed by atoms with Gasteiger partial charge in [-0.05, 0) is 65.7 Å². The van der Waals surface area contributed by atoms with Gasteiger partial charge in [0, 0.05) is 47.9 Å². The van der Waals surface area contributed by atoms with Crippen LogP contribution >= 0.6 is 0 Å². The smallest absolute Gasteiger partial charge is 0.145 e. The van der Waals surface area contributed by atoms with Gasteiger partial charge in [0.25, 0.3) is 0 Å². The minimum atomic E-state index is 0.921. The molecule has 6 heteroatoms. The first-order valence-electron chi connectivity index (χ1n) is 15.1. The van der Waals surface area contributed by atoms with Gasteiger partial charge in [0.05, 0.1) is 27.6 Å². The van der Waals surface area contributed by atoms with Gasteiger partial charge in [0.15, 0.2) is 0 Å². The Morgan fingerprint density at radius 3 is 2.00 bits per heavy atom. The van der Waals surface area contributed by atoms with Crippen LogP contribution in [0.3, 0.4) is 0 Å². The normalized spacial score (nSPS) is 11.8. The molecule has 0 N–H and O–H groups in total. The van der Waals surface area contributed by atoms with Gasteiger partial charge in [-0.25, -0.2) is 15.0 Å².